The van der Waals surface area contributed by atoms with E-state index in [4.69, 9.17) is 9.47 Å². The first-order valence-corrected chi connectivity index (χ1v) is 13.4. The van der Waals surface area contributed by atoms with E-state index in [1.807, 2.05) is 97.7 Å². The van der Waals surface area contributed by atoms with E-state index >= 15 is 0 Å². The average Bonchev–Trinajstić information content (AvgIpc) is 2.80. The van der Waals surface area contributed by atoms with Gasteiger partial charge in [0.2, 0.25) is 5.95 Å². The molecular weight excluding hydrogens is 484 g/mol. The number of rotatable bonds is 6. The fraction of sp³-hybridized carbons (Fsp3) is 0.679. The minimum absolute atomic E-state index is 0.189. The highest BCUT2D eigenvalue weighted by Crippen LogP contribution is 2.40. The summed E-state index contributed by atoms with van der Waals surface area (Å²) in [5.41, 5.74) is -0.979. The highest BCUT2D eigenvalue weighted by Gasteiger charge is 2.47. The van der Waals surface area contributed by atoms with Crippen LogP contribution in [-0.2, 0) is 0 Å². The third kappa shape index (κ3) is 5.88. The Hall–Kier alpha value is -2.53. The molecule has 2 N–H and O–H groups in total. The number of para-hydroxylation sites is 1. The van der Waals surface area contributed by atoms with Gasteiger partial charge in [0.25, 0.3) is 0 Å². The smallest absolute Gasteiger partial charge is 0.324 e. The Labute approximate surface area is 226 Å². The predicted octanol–water partition coefficient (Wildman–Crippen LogP) is 5.22. The Morgan fingerprint density at radius 3 is 1.42 bits per heavy atom. The van der Waals surface area contributed by atoms with Crippen LogP contribution in [0.15, 0.2) is 30.3 Å². The average molecular weight is 529 g/mol. The summed E-state index contributed by atoms with van der Waals surface area (Å²) in [7, 11) is 1.89. The van der Waals surface area contributed by atoms with E-state index in [1.165, 1.54) is 10.1 Å². The SMILES string of the molecule is CN(c1ccccc1)c1nc(OC2CC(C)(C)N(O)C(C)(C)C2)nc(OC2CC(C)(C)N(O)C(C)(C)C2)n1. The number of benzene rings is 1. The molecule has 1 aromatic heterocycles. The summed E-state index contributed by atoms with van der Waals surface area (Å²) in [5, 5.41) is 24.3. The third-order valence-electron chi connectivity index (χ3n) is 7.77. The molecular formula is C28H44N6O4. The van der Waals surface area contributed by atoms with Crippen molar-refractivity contribution in [1.82, 2.24) is 25.1 Å². The number of hydroxylamine groups is 4. The Balaban J connectivity index is 1.65. The fourth-order valence-electron chi connectivity index (χ4n) is 6.17. The molecule has 0 radical (unpaired) electrons. The van der Waals surface area contributed by atoms with Crippen molar-refractivity contribution in [3.63, 3.8) is 0 Å². The molecule has 0 unspecified atom stereocenters. The molecule has 2 saturated heterocycles. The van der Waals surface area contributed by atoms with Crippen molar-refractivity contribution in [2.45, 2.75) is 115 Å². The second-order valence-electron chi connectivity index (χ2n) is 13.3. The fourth-order valence-corrected chi connectivity index (χ4v) is 6.17. The second kappa shape index (κ2) is 9.89. The van der Waals surface area contributed by atoms with Gasteiger partial charge in [-0.05, 0) is 67.5 Å². The van der Waals surface area contributed by atoms with Crippen molar-refractivity contribution in [2.75, 3.05) is 11.9 Å². The third-order valence-corrected chi connectivity index (χ3v) is 7.77. The number of nitrogens with zero attached hydrogens (tertiary/aromatic N) is 6. The lowest BCUT2D eigenvalue weighted by Gasteiger charge is -2.51. The van der Waals surface area contributed by atoms with Gasteiger partial charge in [0.15, 0.2) is 0 Å². The Bertz CT molecular complexity index is 1030. The zero-order chi connectivity index (χ0) is 28.1. The van der Waals surface area contributed by atoms with E-state index in [1.54, 1.807) is 0 Å². The largest absolute Gasteiger partial charge is 0.460 e. The summed E-state index contributed by atoms with van der Waals surface area (Å²) in [5.74, 6) is 0.410. The maximum Gasteiger partial charge on any atom is 0.324 e. The zero-order valence-electron chi connectivity index (χ0n) is 24.3. The number of hydrogen-bond acceptors (Lipinski definition) is 10. The maximum absolute atomic E-state index is 10.7. The van der Waals surface area contributed by atoms with Gasteiger partial charge in [0.05, 0.1) is 0 Å². The van der Waals surface area contributed by atoms with Crippen LogP contribution in [0.1, 0.15) is 81.1 Å². The van der Waals surface area contributed by atoms with Gasteiger partial charge < -0.3 is 24.8 Å². The van der Waals surface area contributed by atoms with Gasteiger partial charge in [0, 0.05) is 60.6 Å². The lowest BCUT2D eigenvalue weighted by Crippen LogP contribution is -2.61. The van der Waals surface area contributed by atoms with Crippen LogP contribution in [0, 0.1) is 0 Å². The van der Waals surface area contributed by atoms with Gasteiger partial charge >= 0.3 is 12.0 Å². The molecule has 2 aliphatic heterocycles. The molecule has 38 heavy (non-hydrogen) atoms. The van der Waals surface area contributed by atoms with Crippen LogP contribution in [0.2, 0.25) is 0 Å². The van der Waals surface area contributed by atoms with Gasteiger partial charge in [-0.2, -0.15) is 20.1 Å². The molecule has 0 spiro atoms. The first-order chi connectivity index (χ1) is 17.5. The highest BCUT2D eigenvalue weighted by molar-refractivity contribution is 5.56. The van der Waals surface area contributed by atoms with E-state index in [9.17, 15) is 10.4 Å². The van der Waals surface area contributed by atoms with Crippen LogP contribution < -0.4 is 14.4 Å². The molecule has 0 aliphatic carbocycles. The second-order valence-corrected chi connectivity index (χ2v) is 13.3. The maximum atomic E-state index is 10.7. The predicted molar refractivity (Wildman–Crippen MR) is 145 cm³/mol. The van der Waals surface area contributed by atoms with Crippen molar-refractivity contribution in [3.8, 4) is 12.0 Å². The molecule has 2 aliphatic rings. The van der Waals surface area contributed by atoms with Gasteiger partial charge in [0.1, 0.15) is 12.2 Å². The molecule has 10 heteroatoms. The van der Waals surface area contributed by atoms with E-state index in [0.29, 0.717) is 31.6 Å². The van der Waals surface area contributed by atoms with Gasteiger partial charge in [-0.1, -0.05) is 18.2 Å². The molecule has 1 aromatic carbocycles. The lowest BCUT2D eigenvalue weighted by molar-refractivity contribution is -0.255. The van der Waals surface area contributed by atoms with E-state index in [2.05, 4.69) is 15.0 Å². The van der Waals surface area contributed by atoms with Gasteiger partial charge in [-0.3, -0.25) is 0 Å². The molecule has 3 heterocycles. The molecule has 0 atom stereocenters. The first-order valence-electron chi connectivity index (χ1n) is 13.4. The summed E-state index contributed by atoms with van der Waals surface area (Å²) in [6.45, 7) is 16.0. The summed E-state index contributed by atoms with van der Waals surface area (Å²) in [4.78, 5) is 15.8. The summed E-state index contributed by atoms with van der Waals surface area (Å²) >= 11 is 0. The summed E-state index contributed by atoms with van der Waals surface area (Å²) in [6.07, 6.45) is 2.02. The van der Waals surface area contributed by atoms with Crippen LogP contribution in [-0.4, -0.2) is 76.9 Å². The van der Waals surface area contributed by atoms with Crippen molar-refractivity contribution in [2.24, 2.45) is 0 Å². The van der Waals surface area contributed by atoms with Crippen LogP contribution in [0.25, 0.3) is 0 Å². The zero-order valence-corrected chi connectivity index (χ0v) is 24.3. The molecule has 0 saturated carbocycles. The number of piperidine rings is 2. The van der Waals surface area contributed by atoms with Gasteiger partial charge in [-0.25, -0.2) is 0 Å². The molecule has 2 aromatic rings. The molecule has 0 amide bonds. The van der Waals surface area contributed by atoms with Gasteiger partial charge in [-0.15, -0.1) is 4.98 Å². The van der Waals surface area contributed by atoms with Crippen molar-refractivity contribution in [3.05, 3.63) is 30.3 Å². The van der Waals surface area contributed by atoms with Crippen LogP contribution in [0.3, 0.4) is 0 Å². The quantitative estimate of drug-likeness (QED) is 0.518. The first kappa shape index (κ1) is 28.5. The number of hydrogen-bond donors (Lipinski definition) is 2. The van der Waals surface area contributed by atoms with Crippen LogP contribution >= 0.6 is 0 Å². The minimum atomic E-state index is -0.474. The van der Waals surface area contributed by atoms with Crippen LogP contribution in [0.4, 0.5) is 11.6 Å². The minimum Gasteiger partial charge on any atom is -0.460 e. The normalized spacial score (nSPS) is 23.7. The van der Waals surface area contributed by atoms with Crippen molar-refractivity contribution in [1.29, 1.82) is 0 Å². The van der Waals surface area contributed by atoms with Crippen molar-refractivity contribution < 1.29 is 19.9 Å². The van der Waals surface area contributed by atoms with Crippen LogP contribution in [0.5, 0.6) is 12.0 Å². The topological polar surface area (TPSA) is 107 Å². The van der Waals surface area contributed by atoms with E-state index in [-0.39, 0.29) is 24.2 Å². The Morgan fingerprint density at radius 1 is 0.684 bits per heavy atom. The Kier molecular flexibility index (Phi) is 7.42. The molecule has 210 valence electrons. The molecule has 10 nitrogen and oxygen atoms in total. The number of ether oxygens (including phenoxy) is 2. The standard InChI is InChI=1S/C28H44N6O4/c1-25(2)15-20(16-26(3,4)33(25)35)37-23-29-22(32(9)19-13-11-10-12-14-19)30-24(31-23)38-21-17-27(5,6)34(36)28(7,8)18-21/h10-14,20-21,35-36H,15-18H2,1-9H3. The summed E-state index contributed by atoms with van der Waals surface area (Å²) < 4.78 is 12.8. The number of aromatic nitrogens is 3. The van der Waals surface area contributed by atoms with Crippen molar-refractivity contribution >= 4 is 11.6 Å². The summed E-state index contributed by atoms with van der Waals surface area (Å²) in [6, 6.07) is 10.2. The number of anilines is 2. The monoisotopic (exact) mass is 528 g/mol. The van der Waals surface area contributed by atoms with E-state index in [0.717, 1.165) is 5.69 Å². The molecule has 4 rings (SSSR count). The highest BCUT2D eigenvalue weighted by atomic mass is 16.5. The Morgan fingerprint density at radius 2 is 1.05 bits per heavy atom. The van der Waals surface area contributed by atoms with E-state index < -0.39 is 22.2 Å². The molecule has 0 bridgehead atoms. The molecule has 2 fully saturated rings. The lowest BCUT2D eigenvalue weighted by atomic mass is 9.80.